The Morgan fingerprint density at radius 1 is 1.29 bits per heavy atom. The molecule has 1 fully saturated rings. The molecule has 3 rings (SSSR count). The number of amides is 1. The molecule has 0 atom stereocenters. The minimum absolute atomic E-state index is 0.0796. The van der Waals surface area contributed by atoms with E-state index in [0.717, 1.165) is 49.0 Å². The van der Waals surface area contributed by atoms with Crippen molar-refractivity contribution in [3.8, 4) is 0 Å². The molecule has 0 aromatic heterocycles. The number of benzene rings is 1. The van der Waals surface area contributed by atoms with Gasteiger partial charge in [0.1, 0.15) is 0 Å². The topological polar surface area (TPSA) is 37.4 Å². The van der Waals surface area contributed by atoms with E-state index < -0.39 is 4.32 Å². The van der Waals surface area contributed by atoms with Gasteiger partial charge in [0.25, 0.3) is 0 Å². The van der Waals surface area contributed by atoms with Gasteiger partial charge in [-0.1, -0.05) is 15.9 Å². The van der Waals surface area contributed by atoms with E-state index >= 15 is 0 Å². The fourth-order valence-electron chi connectivity index (χ4n) is 2.86. The first-order valence-electron chi connectivity index (χ1n) is 7.56. The molecular formula is C17H20BrNO2. The van der Waals surface area contributed by atoms with Crippen molar-refractivity contribution < 1.29 is 9.59 Å². The van der Waals surface area contributed by atoms with E-state index in [1.54, 1.807) is 0 Å². The summed E-state index contributed by atoms with van der Waals surface area (Å²) in [6.07, 6.45) is 3.96. The maximum absolute atomic E-state index is 12.4. The van der Waals surface area contributed by atoms with Gasteiger partial charge >= 0.3 is 0 Å². The van der Waals surface area contributed by atoms with E-state index in [1.807, 2.05) is 36.9 Å². The summed E-state index contributed by atoms with van der Waals surface area (Å²) in [4.78, 5) is 26.6. The second kappa shape index (κ2) is 5.24. The van der Waals surface area contributed by atoms with Gasteiger partial charge in [0.2, 0.25) is 5.91 Å². The van der Waals surface area contributed by atoms with Crippen LogP contribution < -0.4 is 4.90 Å². The molecule has 1 heterocycles. The van der Waals surface area contributed by atoms with E-state index in [4.69, 9.17) is 0 Å². The van der Waals surface area contributed by atoms with Crippen LogP contribution in [0, 0.1) is 5.92 Å². The van der Waals surface area contributed by atoms with Crippen LogP contribution in [0.5, 0.6) is 0 Å². The minimum atomic E-state index is -0.556. The Kier molecular flexibility index (Phi) is 3.68. The first kappa shape index (κ1) is 14.8. The Morgan fingerprint density at radius 2 is 2.00 bits per heavy atom. The quantitative estimate of drug-likeness (QED) is 0.615. The van der Waals surface area contributed by atoms with Crippen molar-refractivity contribution >= 4 is 33.3 Å². The Morgan fingerprint density at radius 3 is 2.62 bits per heavy atom. The van der Waals surface area contributed by atoms with E-state index in [0.29, 0.717) is 0 Å². The maximum Gasteiger partial charge on any atom is 0.230 e. The molecule has 0 radical (unpaired) electrons. The van der Waals surface area contributed by atoms with E-state index in [1.165, 1.54) is 0 Å². The Hall–Kier alpha value is -1.16. The van der Waals surface area contributed by atoms with Crippen LogP contribution in [0.1, 0.15) is 49.0 Å². The summed E-state index contributed by atoms with van der Waals surface area (Å²) < 4.78 is -0.556. The molecule has 3 nitrogen and oxygen atoms in total. The second-order valence-corrected chi connectivity index (χ2v) is 8.50. The number of nitrogens with zero attached hydrogens (tertiary/aromatic N) is 1. The molecule has 0 bridgehead atoms. The highest BCUT2D eigenvalue weighted by atomic mass is 79.9. The maximum atomic E-state index is 12.4. The zero-order chi connectivity index (χ0) is 15.2. The summed E-state index contributed by atoms with van der Waals surface area (Å²) in [7, 11) is 0. The number of alkyl halides is 1. The molecule has 0 saturated heterocycles. The van der Waals surface area contributed by atoms with Crippen molar-refractivity contribution in [1.82, 2.24) is 0 Å². The summed E-state index contributed by atoms with van der Waals surface area (Å²) in [6.45, 7) is 4.52. The Labute approximate surface area is 133 Å². The Balaban J connectivity index is 1.92. The molecule has 0 N–H and O–H groups in total. The average Bonchev–Trinajstić information content (AvgIpc) is 3.28. The number of ketones is 1. The first-order chi connectivity index (χ1) is 9.88. The fourth-order valence-corrected chi connectivity index (χ4v) is 3.09. The number of carbonyl (C=O) groups is 2. The molecule has 0 unspecified atom stereocenters. The largest absolute Gasteiger partial charge is 0.312 e. The third-order valence-electron chi connectivity index (χ3n) is 4.19. The van der Waals surface area contributed by atoms with E-state index in [9.17, 15) is 9.59 Å². The molecule has 1 aliphatic heterocycles. The number of rotatable bonds is 3. The summed E-state index contributed by atoms with van der Waals surface area (Å²) in [5, 5.41) is 0. The molecule has 1 aliphatic carbocycles. The number of Topliss-reactive ketones (excluding diaryl/α,β-unsaturated/α-hetero) is 1. The summed E-state index contributed by atoms with van der Waals surface area (Å²) in [6, 6.07) is 5.76. The number of halogens is 1. The Bertz CT molecular complexity index is 599. The molecule has 112 valence electrons. The van der Waals surface area contributed by atoms with Crippen molar-refractivity contribution in [2.45, 2.75) is 43.9 Å². The number of carbonyl (C=O) groups excluding carboxylic acids is 2. The number of fused-ring (bicyclic) bond motifs is 1. The highest BCUT2D eigenvalue weighted by molar-refractivity contribution is 9.10. The molecule has 1 aromatic carbocycles. The number of hydrogen-bond acceptors (Lipinski definition) is 2. The van der Waals surface area contributed by atoms with Gasteiger partial charge in [-0.2, -0.15) is 0 Å². The third kappa shape index (κ3) is 2.91. The summed E-state index contributed by atoms with van der Waals surface area (Å²) in [5.74, 6) is 0.575. The van der Waals surface area contributed by atoms with Crippen LogP contribution in [0.4, 0.5) is 5.69 Å². The molecule has 1 aromatic rings. The zero-order valence-electron chi connectivity index (χ0n) is 12.5. The lowest BCUT2D eigenvalue weighted by Gasteiger charge is -2.30. The van der Waals surface area contributed by atoms with Crippen LogP contribution in [-0.4, -0.2) is 22.6 Å². The van der Waals surface area contributed by atoms with Gasteiger partial charge in [0, 0.05) is 23.7 Å². The molecule has 1 saturated carbocycles. The second-order valence-electron chi connectivity index (χ2n) is 6.51. The summed E-state index contributed by atoms with van der Waals surface area (Å²) in [5.41, 5.74) is 2.84. The molecule has 0 spiro atoms. The van der Waals surface area contributed by atoms with Crippen LogP contribution in [0.15, 0.2) is 18.2 Å². The van der Waals surface area contributed by atoms with Gasteiger partial charge in [-0.05, 0) is 63.3 Å². The van der Waals surface area contributed by atoms with Crippen molar-refractivity contribution in [3.63, 3.8) is 0 Å². The van der Waals surface area contributed by atoms with Crippen LogP contribution in [-0.2, 0) is 11.2 Å². The highest BCUT2D eigenvalue weighted by Crippen LogP contribution is 2.36. The van der Waals surface area contributed by atoms with E-state index in [-0.39, 0.29) is 17.6 Å². The van der Waals surface area contributed by atoms with Gasteiger partial charge < -0.3 is 4.90 Å². The minimum Gasteiger partial charge on any atom is -0.312 e. The van der Waals surface area contributed by atoms with Crippen molar-refractivity contribution in [2.75, 3.05) is 11.4 Å². The van der Waals surface area contributed by atoms with Crippen LogP contribution >= 0.6 is 15.9 Å². The highest BCUT2D eigenvalue weighted by Gasteiger charge is 2.36. The van der Waals surface area contributed by atoms with Crippen LogP contribution in [0.2, 0.25) is 0 Å². The lowest BCUT2D eigenvalue weighted by Crippen LogP contribution is -2.36. The standard InChI is InChI=1S/C17H20BrNO2/c1-17(2,18)15(20)13-7-8-14-12(10-13)4-3-9-19(14)16(21)11-5-6-11/h7-8,10-11H,3-6,9H2,1-2H3. The lowest BCUT2D eigenvalue weighted by molar-refractivity contribution is -0.119. The van der Waals surface area contributed by atoms with Gasteiger partial charge in [-0.15, -0.1) is 0 Å². The van der Waals surface area contributed by atoms with Crippen molar-refractivity contribution in [1.29, 1.82) is 0 Å². The third-order valence-corrected chi connectivity index (χ3v) is 4.55. The van der Waals surface area contributed by atoms with Crippen molar-refractivity contribution in [2.24, 2.45) is 5.92 Å². The molecule has 1 amide bonds. The van der Waals surface area contributed by atoms with Crippen molar-refractivity contribution in [3.05, 3.63) is 29.3 Å². The molecule has 2 aliphatic rings. The monoisotopic (exact) mass is 349 g/mol. The smallest absolute Gasteiger partial charge is 0.230 e. The number of anilines is 1. The molecule has 21 heavy (non-hydrogen) atoms. The summed E-state index contributed by atoms with van der Waals surface area (Å²) >= 11 is 3.43. The lowest BCUT2D eigenvalue weighted by atomic mass is 9.94. The van der Waals surface area contributed by atoms with E-state index in [2.05, 4.69) is 15.9 Å². The van der Waals surface area contributed by atoms with Gasteiger partial charge in [-0.25, -0.2) is 0 Å². The predicted molar refractivity (Wildman–Crippen MR) is 87.2 cm³/mol. The average molecular weight is 350 g/mol. The molecular weight excluding hydrogens is 330 g/mol. The normalized spacial score (nSPS) is 18.3. The first-order valence-corrected chi connectivity index (χ1v) is 8.35. The predicted octanol–water partition coefficient (Wildman–Crippen LogP) is 3.73. The molecule has 4 heteroatoms. The number of hydrogen-bond donors (Lipinski definition) is 0. The van der Waals surface area contributed by atoms with Crippen LogP contribution in [0.3, 0.4) is 0 Å². The zero-order valence-corrected chi connectivity index (χ0v) is 14.1. The van der Waals surface area contributed by atoms with Gasteiger partial charge in [-0.3, -0.25) is 9.59 Å². The van der Waals surface area contributed by atoms with Gasteiger partial charge in [0.15, 0.2) is 5.78 Å². The van der Waals surface area contributed by atoms with Crippen LogP contribution in [0.25, 0.3) is 0 Å². The number of aryl methyl sites for hydroxylation is 1. The van der Waals surface area contributed by atoms with Gasteiger partial charge in [0.05, 0.1) is 4.32 Å². The fraction of sp³-hybridized carbons (Fsp3) is 0.529. The SMILES string of the molecule is CC(C)(Br)C(=O)c1ccc2c(c1)CCCN2C(=O)C1CC1.